The first kappa shape index (κ1) is 15.3. The molecular formula is C17H34N2. The molecule has 2 heteroatoms. The van der Waals surface area contributed by atoms with Crippen molar-refractivity contribution in [2.75, 3.05) is 26.2 Å². The van der Waals surface area contributed by atoms with Gasteiger partial charge in [-0.05, 0) is 63.6 Å². The summed E-state index contributed by atoms with van der Waals surface area (Å²) >= 11 is 0. The number of rotatable bonds is 3. The van der Waals surface area contributed by atoms with E-state index in [0.29, 0.717) is 0 Å². The zero-order valence-corrected chi connectivity index (χ0v) is 13.6. The third kappa shape index (κ3) is 3.52. The van der Waals surface area contributed by atoms with Gasteiger partial charge < -0.3 is 4.90 Å². The van der Waals surface area contributed by atoms with Crippen molar-refractivity contribution in [1.29, 1.82) is 0 Å². The molecule has 4 fully saturated rings. The summed E-state index contributed by atoms with van der Waals surface area (Å²) in [5, 5.41) is 0. The quantitative estimate of drug-likeness (QED) is 0.770. The highest BCUT2D eigenvalue weighted by molar-refractivity contribution is 4.99. The predicted molar refractivity (Wildman–Crippen MR) is 83.5 cm³/mol. The Morgan fingerprint density at radius 2 is 1.53 bits per heavy atom. The van der Waals surface area contributed by atoms with Gasteiger partial charge in [0.15, 0.2) is 0 Å². The Labute approximate surface area is 120 Å². The third-order valence-corrected chi connectivity index (χ3v) is 5.45. The lowest BCUT2D eigenvalue weighted by Crippen LogP contribution is -2.61. The molecule has 4 rings (SSSR count). The molecule has 0 aromatic heterocycles. The number of hydrogen-bond donors (Lipinski definition) is 0. The van der Waals surface area contributed by atoms with E-state index in [0.717, 1.165) is 23.9 Å². The van der Waals surface area contributed by atoms with Gasteiger partial charge in [-0.1, -0.05) is 27.7 Å². The van der Waals surface area contributed by atoms with Gasteiger partial charge in [-0.2, -0.15) is 0 Å². The molecule has 0 spiro atoms. The Morgan fingerprint density at radius 3 is 2.05 bits per heavy atom. The first-order chi connectivity index (χ1) is 9.26. The Morgan fingerprint density at radius 1 is 0.947 bits per heavy atom. The van der Waals surface area contributed by atoms with E-state index in [2.05, 4.69) is 23.6 Å². The van der Waals surface area contributed by atoms with Gasteiger partial charge in [-0.15, -0.1) is 0 Å². The minimum Gasteiger partial charge on any atom is -0.303 e. The van der Waals surface area contributed by atoms with Crippen LogP contribution in [0.15, 0.2) is 0 Å². The number of hydrogen-bond acceptors (Lipinski definition) is 2. The number of likely N-dealkylation sites (tertiary alicyclic amines) is 1. The summed E-state index contributed by atoms with van der Waals surface area (Å²) in [4.78, 5) is 5.47. The summed E-state index contributed by atoms with van der Waals surface area (Å²) in [6.45, 7) is 14.1. The lowest BCUT2D eigenvalue weighted by Gasteiger charge is -2.56. The van der Waals surface area contributed by atoms with Gasteiger partial charge in [0, 0.05) is 18.6 Å². The molecule has 2 bridgehead atoms. The van der Waals surface area contributed by atoms with E-state index >= 15 is 0 Å². The lowest BCUT2D eigenvalue weighted by molar-refractivity contribution is -0.0549. The Kier molecular flexibility index (Phi) is 5.70. The van der Waals surface area contributed by atoms with Crippen LogP contribution in [-0.2, 0) is 0 Å². The molecule has 0 radical (unpaired) electrons. The maximum Gasteiger partial charge on any atom is 0.0116 e. The fraction of sp³-hybridized carbons (Fsp3) is 1.00. The maximum absolute atomic E-state index is 2.74. The molecule has 3 heterocycles. The van der Waals surface area contributed by atoms with Gasteiger partial charge in [0.2, 0.25) is 0 Å². The average Bonchev–Trinajstić information content (AvgIpc) is 2.44. The molecule has 3 aliphatic heterocycles. The van der Waals surface area contributed by atoms with E-state index in [-0.39, 0.29) is 0 Å². The molecule has 4 aliphatic rings. The highest BCUT2D eigenvalue weighted by atomic mass is 15.3. The van der Waals surface area contributed by atoms with E-state index in [1.54, 1.807) is 0 Å². The van der Waals surface area contributed by atoms with Gasteiger partial charge in [-0.3, -0.25) is 4.90 Å². The minimum atomic E-state index is 0.951. The molecule has 0 aromatic carbocycles. The van der Waals surface area contributed by atoms with E-state index in [9.17, 15) is 0 Å². The van der Waals surface area contributed by atoms with Crippen molar-refractivity contribution in [1.82, 2.24) is 9.80 Å². The normalized spacial score (nSPS) is 36.3. The van der Waals surface area contributed by atoms with Crippen molar-refractivity contribution < 1.29 is 0 Å². The molecular weight excluding hydrogens is 232 g/mol. The second kappa shape index (κ2) is 7.08. The van der Waals surface area contributed by atoms with Crippen molar-refractivity contribution in [2.24, 2.45) is 11.8 Å². The molecule has 2 nitrogen and oxygen atoms in total. The highest BCUT2D eigenvalue weighted by Gasteiger charge is 2.44. The van der Waals surface area contributed by atoms with Crippen LogP contribution in [0.1, 0.15) is 59.8 Å². The van der Waals surface area contributed by atoms with Crippen LogP contribution in [0.4, 0.5) is 0 Å². The summed E-state index contributed by atoms with van der Waals surface area (Å²) < 4.78 is 0. The van der Waals surface area contributed by atoms with Crippen LogP contribution < -0.4 is 0 Å². The average molecular weight is 266 g/mol. The third-order valence-electron chi connectivity index (χ3n) is 5.45. The van der Waals surface area contributed by atoms with Crippen molar-refractivity contribution >= 4 is 0 Å². The maximum atomic E-state index is 2.74. The highest BCUT2D eigenvalue weighted by Crippen LogP contribution is 2.41. The zero-order valence-electron chi connectivity index (χ0n) is 13.6. The topological polar surface area (TPSA) is 6.48 Å². The van der Waals surface area contributed by atoms with E-state index in [4.69, 9.17) is 0 Å². The van der Waals surface area contributed by atoms with Gasteiger partial charge in [0.25, 0.3) is 0 Å². The summed E-state index contributed by atoms with van der Waals surface area (Å²) in [7, 11) is 0. The summed E-state index contributed by atoms with van der Waals surface area (Å²) in [6, 6.07) is 1.90. The van der Waals surface area contributed by atoms with Crippen LogP contribution in [0.2, 0.25) is 0 Å². The molecule has 1 aliphatic carbocycles. The molecule has 1 saturated carbocycles. The lowest BCUT2D eigenvalue weighted by atomic mass is 9.73. The van der Waals surface area contributed by atoms with E-state index in [1.165, 1.54) is 58.3 Å². The molecule has 2 unspecified atom stereocenters. The summed E-state index contributed by atoms with van der Waals surface area (Å²) in [5.41, 5.74) is 0. The van der Waals surface area contributed by atoms with Crippen LogP contribution in [0.25, 0.3) is 0 Å². The molecule has 112 valence electrons. The standard InChI is InChI=1S/C15H28N2.C2H6/c1-3-17-14-8-13(9-15(17)10-14)11-16-6-4-12(2)5-7-16;1-2/h12-15H,3-11H2,1-2H3;1-2H3. The monoisotopic (exact) mass is 266 g/mol. The molecule has 0 amide bonds. The first-order valence-corrected chi connectivity index (χ1v) is 8.74. The molecule has 2 atom stereocenters. The largest absolute Gasteiger partial charge is 0.303 e. The number of piperidine rings is 2. The van der Waals surface area contributed by atoms with Crippen LogP contribution in [0.3, 0.4) is 0 Å². The fourth-order valence-corrected chi connectivity index (χ4v) is 4.35. The van der Waals surface area contributed by atoms with Crippen molar-refractivity contribution in [3.8, 4) is 0 Å². The van der Waals surface area contributed by atoms with Crippen LogP contribution in [-0.4, -0.2) is 48.1 Å². The van der Waals surface area contributed by atoms with Crippen LogP contribution >= 0.6 is 0 Å². The Balaban J connectivity index is 0.000000637. The minimum absolute atomic E-state index is 0.951. The van der Waals surface area contributed by atoms with Gasteiger partial charge in [-0.25, -0.2) is 0 Å². The van der Waals surface area contributed by atoms with Crippen LogP contribution in [0, 0.1) is 11.8 Å². The van der Waals surface area contributed by atoms with Gasteiger partial charge >= 0.3 is 0 Å². The first-order valence-electron chi connectivity index (χ1n) is 8.74. The number of nitrogens with zero attached hydrogens (tertiary/aromatic N) is 2. The van der Waals surface area contributed by atoms with Gasteiger partial charge in [0.1, 0.15) is 0 Å². The van der Waals surface area contributed by atoms with Crippen molar-refractivity contribution in [3.63, 3.8) is 0 Å². The fourth-order valence-electron chi connectivity index (χ4n) is 4.35. The van der Waals surface area contributed by atoms with Crippen molar-refractivity contribution in [3.05, 3.63) is 0 Å². The second-order valence-electron chi connectivity index (χ2n) is 6.69. The molecule has 0 aromatic rings. The Bertz CT molecular complexity index is 246. The smallest absolute Gasteiger partial charge is 0.0116 e. The van der Waals surface area contributed by atoms with Crippen LogP contribution in [0.5, 0.6) is 0 Å². The van der Waals surface area contributed by atoms with Crippen molar-refractivity contribution in [2.45, 2.75) is 71.9 Å². The second-order valence-corrected chi connectivity index (χ2v) is 6.69. The summed E-state index contributed by atoms with van der Waals surface area (Å²) in [6.07, 6.45) is 7.33. The summed E-state index contributed by atoms with van der Waals surface area (Å²) in [5.74, 6) is 1.98. The van der Waals surface area contributed by atoms with E-state index in [1.807, 2.05) is 13.8 Å². The SMILES string of the molecule is CC.CCN1C2CC(CN3CCC(C)CC3)CC1C2. The zero-order chi connectivity index (χ0) is 13.8. The van der Waals surface area contributed by atoms with E-state index < -0.39 is 0 Å². The molecule has 19 heavy (non-hydrogen) atoms. The van der Waals surface area contributed by atoms with Gasteiger partial charge in [0.05, 0.1) is 0 Å². The molecule has 3 saturated heterocycles. The number of fused-ring (bicyclic) bond motifs is 2. The predicted octanol–water partition coefficient (Wildman–Crippen LogP) is 3.62. The Hall–Kier alpha value is -0.0800. The molecule has 0 N–H and O–H groups in total.